The summed E-state index contributed by atoms with van der Waals surface area (Å²) in [5.74, 6) is 0.255. The quantitative estimate of drug-likeness (QED) is 0.673. The Labute approximate surface area is 127 Å². The van der Waals surface area contributed by atoms with Gasteiger partial charge in [-0.3, -0.25) is 10.1 Å². The van der Waals surface area contributed by atoms with E-state index in [0.717, 1.165) is 22.4 Å². The summed E-state index contributed by atoms with van der Waals surface area (Å²) in [7, 11) is 0. The summed E-state index contributed by atoms with van der Waals surface area (Å²) in [6.45, 7) is 1.83. The standard InChI is InChI=1S/C16H15N3O3/c1-10-7-12(5-6-16(10)20)15-9-14(17-18-15)11-3-2-4-13(8-11)19(21)22/h2-8,14,17,20H,9H2,1H3. The van der Waals surface area contributed by atoms with Crippen LogP contribution in [-0.4, -0.2) is 15.7 Å². The second-order valence-corrected chi connectivity index (χ2v) is 5.30. The number of rotatable bonds is 3. The van der Waals surface area contributed by atoms with E-state index < -0.39 is 4.92 Å². The number of nitro benzene ring substituents is 1. The molecule has 0 fully saturated rings. The number of nitrogens with zero attached hydrogens (tertiary/aromatic N) is 2. The predicted molar refractivity (Wildman–Crippen MR) is 83.0 cm³/mol. The molecule has 2 aromatic carbocycles. The molecule has 2 N–H and O–H groups in total. The minimum Gasteiger partial charge on any atom is -0.508 e. The first-order chi connectivity index (χ1) is 10.5. The van der Waals surface area contributed by atoms with Crippen molar-refractivity contribution in [3.63, 3.8) is 0 Å². The Bertz CT molecular complexity index is 771. The van der Waals surface area contributed by atoms with Crippen LogP contribution in [0.5, 0.6) is 5.75 Å². The number of aromatic hydroxyl groups is 1. The molecule has 6 nitrogen and oxygen atoms in total. The molecule has 3 rings (SSSR count). The van der Waals surface area contributed by atoms with Gasteiger partial charge in [-0.15, -0.1) is 0 Å². The molecule has 0 spiro atoms. The summed E-state index contributed by atoms with van der Waals surface area (Å²) in [6.07, 6.45) is 0.644. The van der Waals surface area contributed by atoms with Gasteiger partial charge in [0.2, 0.25) is 0 Å². The number of nitrogens with one attached hydrogen (secondary N) is 1. The maximum Gasteiger partial charge on any atom is 0.269 e. The first kappa shape index (κ1) is 14.1. The number of benzene rings is 2. The topological polar surface area (TPSA) is 87.8 Å². The Kier molecular flexibility index (Phi) is 3.50. The highest BCUT2D eigenvalue weighted by Gasteiger charge is 2.22. The van der Waals surface area contributed by atoms with Crippen LogP contribution in [0.4, 0.5) is 5.69 Å². The fourth-order valence-electron chi connectivity index (χ4n) is 2.51. The number of nitro groups is 1. The van der Waals surface area contributed by atoms with Gasteiger partial charge in [0.15, 0.2) is 0 Å². The Balaban J connectivity index is 1.80. The van der Waals surface area contributed by atoms with Gasteiger partial charge >= 0.3 is 0 Å². The number of non-ortho nitro benzene ring substituents is 1. The van der Waals surface area contributed by atoms with Crippen LogP contribution in [0.25, 0.3) is 0 Å². The van der Waals surface area contributed by atoms with Gasteiger partial charge in [-0.1, -0.05) is 12.1 Å². The van der Waals surface area contributed by atoms with Gasteiger partial charge in [-0.25, -0.2) is 0 Å². The van der Waals surface area contributed by atoms with Crippen LogP contribution >= 0.6 is 0 Å². The first-order valence-corrected chi connectivity index (χ1v) is 6.91. The monoisotopic (exact) mass is 297 g/mol. The molecule has 0 radical (unpaired) electrons. The molecule has 0 saturated heterocycles. The summed E-state index contributed by atoms with van der Waals surface area (Å²) in [5.41, 5.74) is 6.54. The highest BCUT2D eigenvalue weighted by molar-refractivity contribution is 6.02. The molecule has 1 aliphatic rings. The molecule has 1 aliphatic heterocycles. The molecule has 1 atom stereocenters. The fraction of sp³-hybridized carbons (Fsp3) is 0.188. The van der Waals surface area contributed by atoms with E-state index in [-0.39, 0.29) is 17.5 Å². The average molecular weight is 297 g/mol. The fourth-order valence-corrected chi connectivity index (χ4v) is 2.51. The molecular formula is C16H15N3O3. The number of aryl methyl sites for hydroxylation is 1. The van der Waals surface area contributed by atoms with E-state index in [2.05, 4.69) is 10.5 Å². The van der Waals surface area contributed by atoms with Gasteiger partial charge < -0.3 is 10.5 Å². The first-order valence-electron chi connectivity index (χ1n) is 6.91. The van der Waals surface area contributed by atoms with Crippen molar-refractivity contribution in [3.8, 4) is 5.75 Å². The maximum absolute atomic E-state index is 10.9. The number of hydrogen-bond acceptors (Lipinski definition) is 5. The molecule has 0 saturated carbocycles. The smallest absolute Gasteiger partial charge is 0.269 e. The highest BCUT2D eigenvalue weighted by Crippen LogP contribution is 2.28. The minimum atomic E-state index is -0.399. The Morgan fingerprint density at radius 2 is 2.14 bits per heavy atom. The molecule has 112 valence electrons. The van der Waals surface area contributed by atoms with Gasteiger partial charge in [-0.05, 0) is 41.8 Å². The lowest BCUT2D eigenvalue weighted by Crippen LogP contribution is -2.10. The summed E-state index contributed by atoms with van der Waals surface area (Å²) >= 11 is 0. The van der Waals surface area contributed by atoms with Crippen molar-refractivity contribution in [2.75, 3.05) is 0 Å². The lowest BCUT2D eigenvalue weighted by atomic mass is 9.98. The third-order valence-corrected chi connectivity index (χ3v) is 3.77. The van der Waals surface area contributed by atoms with Crippen molar-refractivity contribution in [1.29, 1.82) is 0 Å². The van der Waals surface area contributed by atoms with Gasteiger partial charge in [0, 0.05) is 18.6 Å². The van der Waals surface area contributed by atoms with Crippen molar-refractivity contribution in [2.45, 2.75) is 19.4 Å². The van der Waals surface area contributed by atoms with Crippen molar-refractivity contribution < 1.29 is 10.0 Å². The van der Waals surface area contributed by atoms with Crippen LogP contribution in [0.3, 0.4) is 0 Å². The lowest BCUT2D eigenvalue weighted by molar-refractivity contribution is -0.384. The second-order valence-electron chi connectivity index (χ2n) is 5.30. The van der Waals surface area contributed by atoms with Crippen LogP contribution in [0, 0.1) is 17.0 Å². The number of hydrazone groups is 1. The number of phenols is 1. The van der Waals surface area contributed by atoms with Crippen molar-refractivity contribution >= 4 is 11.4 Å². The van der Waals surface area contributed by atoms with E-state index in [0.29, 0.717) is 6.42 Å². The summed E-state index contributed by atoms with van der Waals surface area (Å²) in [4.78, 5) is 10.5. The Hall–Kier alpha value is -2.89. The zero-order valence-electron chi connectivity index (χ0n) is 12.0. The van der Waals surface area contributed by atoms with Crippen molar-refractivity contribution in [1.82, 2.24) is 5.43 Å². The lowest BCUT2D eigenvalue weighted by Gasteiger charge is -2.10. The van der Waals surface area contributed by atoms with Crippen molar-refractivity contribution in [2.24, 2.45) is 5.10 Å². The maximum atomic E-state index is 10.9. The molecule has 22 heavy (non-hydrogen) atoms. The summed E-state index contributed by atoms with van der Waals surface area (Å²) in [5, 5.41) is 24.8. The van der Waals surface area contributed by atoms with Crippen LogP contribution in [0.1, 0.15) is 29.2 Å². The molecule has 6 heteroatoms. The number of hydrogen-bond donors (Lipinski definition) is 2. The van der Waals surface area contributed by atoms with E-state index >= 15 is 0 Å². The van der Waals surface area contributed by atoms with Gasteiger partial charge in [0.25, 0.3) is 5.69 Å². The van der Waals surface area contributed by atoms with Gasteiger partial charge in [-0.2, -0.15) is 5.10 Å². The third kappa shape index (κ3) is 2.63. The van der Waals surface area contributed by atoms with Crippen molar-refractivity contribution in [3.05, 3.63) is 69.3 Å². The molecule has 0 aliphatic carbocycles. The van der Waals surface area contributed by atoms with E-state index in [1.54, 1.807) is 18.2 Å². The average Bonchev–Trinajstić information content (AvgIpc) is 3.00. The largest absolute Gasteiger partial charge is 0.508 e. The molecule has 1 heterocycles. The predicted octanol–water partition coefficient (Wildman–Crippen LogP) is 3.05. The van der Waals surface area contributed by atoms with E-state index in [9.17, 15) is 15.2 Å². The van der Waals surface area contributed by atoms with Crippen LogP contribution in [-0.2, 0) is 0 Å². The SMILES string of the molecule is Cc1cc(C2=NNC(c3cccc([N+](=O)[O-])c3)C2)ccc1O. The van der Waals surface area contributed by atoms with E-state index in [4.69, 9.17) is 0 Å². The van der Waals surface area contributed by atoms with Crippen LogP contribution < -0.4 is 5.43 Å². The zero-order valence-corrected chi connectivity index (χ0v) is 12.0. The Morgan fingerprint density at radius 1 is 1.32 bits per heavy atom. The second kappa shape index (κ2) is 5.48. The van der Waals surface area contributed by atoms with Gasteiger partial charge in [0.05, 0.1) is 16.7 Å². The molecular weight excluding hydrogens is 282 g/mol. The van der Waals surface area contributed by atoms with Crippen LogP contribution in [0.15, 0.2) is 47.6 Å². The third-order valence-electron chi connectivity index (χ3n) is 3.77. The normalized spacial score (nSPS) is 17.0. The number of phenolic OH excluding ortho intramolecular Hbond substituents is 1. The van der Waals surface area contributed by atoms with E-state index in [1.165, 1.54) is 6.07 Å². The van der Waals surface area contributed by atoms with E-state index in [1.807, 2.05) is 25.1 Å². The minimum absolute atomic E-state index is 0.0771. The summed E-state index contributed by atoms with van der Waals surface area (Å²) in [6, 6.07) is 11.8. The Morgan fingerprint density at radius 3 is 2.86 bits per heavy atom. The highest BCUT2D eigenvalue weighted by atomic mass is 16.6. The zero-order chi connectivity index (χ0) is 15.7. The molecule has 0 amide bonds. The molecule has 0 bridgehead atoms. The summed E-state index contributed by atoms with van der Waals surface area (Å²) < 4.78 is 0. The molecule has 0 aromatic heterocycles. The molecule has 2 aromatic rings. The van der Waals surface area contributed by atoms with Crippen LogP contribution in [0.2, 0.25) is 0 Å². The molecule has 1 unspecified atom stereocenters. The van der Waals surface area contributed by atoms with Gasteiger partial charge in [0.1, 0.15) is 5.75 Å².